The number of nitrogens with zero attached hydrogens (tertiary/aromatic N) is 2. The summed E-state index contributed by atoms with van der Waals surface area (Å²) in [5, 5.41) is 0. The van der Waals surface area contributed by atoms with Crippen LogP contribution in [0, 0.1) is 5.92 Å². The molecule has 38 heavy (non-hydrogen) atoms. The Balaban J connectivity index is 1.22. The summed E-state index contributed by atoms with van der Waals surface area (Å²) >= 11 is 0. The van der Waals surface area contributed by atoms with E-state index in [1.807, 2.05) is 36.4 Å². The van der Waals surface area contributed by atoms with Crippen molar-refractivity contribution in [2.45, 2.75) is 57.4 Å². The van der Waals surface area contributed by atoms with E-state index in [9.17, 15) is 4.79 Å². The Morgan fingerprint density at radius 1 is 0.921 bits per heavy atom. The molecule has 2 aliphatic rings. The summed E-state index contributed by atoms with van der Waals surface area (Å²) in [6, 6.07) is 27.7. The van der Waals surface area contributed by atoms with Gasteiger partial charge >= 0.3 is 0 Å². The van der Waals surface area contributed by atoms with Crippen LogP contribution in [-0.2, 0) is 17.6 Å². The number of carbonyl (C=O) groups is 1. The fraction of sp³-hybridized carbons (Fsp3) is 0.441. The molecule has 5 rings (SSSR count). The number of likely N-dealkylation sites (tertiary alicyclic amines) is 1. The third-order valence-electron chi connectivity index (χ3n) is 8.57. The van der Waals surface area contributed by atoms with Crippen molar-refractivity contribution < 1.29 is 9.53 Å². The molecule has 0 bridgehead atoms. The number of piperidine rings is 1. The fourth-order valence-electron chi connectivity index (χ4n) is 6.48. The molecule has 4 nitrogen and oxygen atoms in total. The van der Waals surface area contributed by atoms with Crippen molar-refractivity contribution in [3.63, 3.8) is 0 Å². The van der Waals surface area contributed by atoms with E-state index in [0.717, 1.165) is 68.7 Å². The first-order chi connectivity index (χ1) is 18.7. The number of carbonyl (C=O) groups excluding carboxylic acids is 1. The molecule has 1 saturated heterocycles. The lowest BCUT2D eigenvalue weighted by molar-refractivity contribution is -0.133. The molecule has 200 valence electrons. The maximum atomic E-state index is 13.9. The highest BCUT2D eigenvalue weighted by Crippen LogP contribution is 2.31. The Morgan fingerprint density at radius 3 is 2.18 bits per heavy atom. The first kappa shape index (κ1) is 26.5. The van der Waals surface area contributed by atoms with Gasteiger partial charge in [-0.2, -0.15) is 0 Å². The van der Waals surface area contributed by atoms with Crippen LogP contribution in [0.4, 0.5) is 0 Å². The van der Waals surface area contributed by atoms with Gasteiger partial charge < -0.3 is 9.64 Å². The Kier molecular flexibility index (Phi) is 8.80. The number of methoxy groups -OCH3 is 1. The summed E-state index contributed by atoms with van der Waals surface area (Å²) in [5.74, 6) is 1.62. The fourth-order valence-corrected chi connectivity index (χ4v) is 6.48. The lowest BCUT2D eigenvalue weighted by Gasteiger charge is -2.40. The number of rotatable bonds is 9. The van der Waals surface area contributed by atoms with Crippen LogP contribution in [0.1, 0.15) is 60.8 Å². The van der Waals surface area contributed by atoms with Crippen molar-refractivity contribution in [3.8, 4) is 5.75 Å². The van der Waals surface area contributed by atoms with E-state index in [1.54, 1.807) is 7.11 Å². The van der Waals surface area contributed by atoms with Crippen LogP contribution >= 0.6 is 0 Å². The molecule has 0 spiro atoms. The highest BCUT2D eigenvalue weighted by molar-refractivity contribution is 5.87. The molecule has 3 aromatic rings. The summed E-state index contributed by atoms with van der Waals surface area (Å²) in [6.45, 7) is 6.28. The van der Waals surface area contributed by atoms with E-state index in [1.165, 1.54) is 24.0 Å². The number of fused-ring (bicyclic) bond motifs is 1. The summed E-state index contributed by atoms with van der Waals surface area (Å²) < 4.78 is 5.50. The summed E-state index contributed by atoms with van der Waals surface area (Å²) in [5.41, 5.74) is 5.09. The number of aryl methyl sites for hydroxylation is 1. The lowest BCUT2D eigenvalue weighted by atomic mass is 9.86. The van der Waals surface area contributed by atoms with Crippen molar-refractivity contribution in [2.24, 2.45) is 5.92 Å². The van der Waals surface area contributed by atoms with Crippen molar-refractivity contribution in [3.05, 3.63) is 101 Å². The summed E-state index contributed by atoms with van der Waals surface area (Å²) in [6.07, 6.45) is 6.83. The molecule has 4 heteroatoms. The molecule has 1 fully saturated rings. The number of benzene rings is 3. The quantitative estimate of drug-likeness (QED) is 0.337. The average Bonchev–Trinajstić information content (AvgIpc) is 2.98. The highest BCUT2D eigenvalue weighted by atomic mass is 16.5. The van der Waals surface area contributed by atoms with Crippen molar-refractivity contribution in [1.82, 2.24) is 9.80 Å². The van der Waals surface area contributed by atoms with Gasteiger partial charge in [-0.15, -0.1) is 0 Å². The molecule has 1 heterocycles. The number of hydrogen-bond acceptors (Lipinski definition) is 3. The van der Waals surface area contributed by atoms with E-state index < -0.39 is 0 Å². The molecule has 1 atom stereocenters. The first-order valence-electron chi connectivity index (χ1n) is 14.4. The molecule has 1 aliphatic carbocycles. The second-order valence-electron chi connectivity index (χ2n) is 11.0. The van der Waals surface area contributed by atoms with Gasteiger partial charge in [0.2, 0.25) is 5.91 Å². The van der Waals surface area contributed by atoms with Gasteiger partial charge in [0.25, 0.3) is 0 Å². The minimum Gasteiger partial charge on any atom is -0.497 e. The van der Waals surface area contributed by atoms with E-state index in [4.69, 9.17) is 4.74 Å². The van der Waals surface area contributed by atoms with Crippen LogP contribution in [0.15, 0.2) is 78.9 Å². The van der Waals surface area contributed by atoms with Crippen LogP contribution in [0.2, 0.25) is 0 Å². The van der Waals surface area contributed by atoms with E-state index in [0.29, 0.717) is 12.0 Å². The van der Waals surface area contributed by atoms with Gasteiger partial charge in [0.05, 0.1) is 13.0 Å². The lowest BCUT2D eigenvalue weighted by Crippen LogP contribution is -2.46. The SMILES string of the molecule is CCCN(CC1CCN(C(=O)C(c2ccccc2)c2ccccc2)CC1)C1CCc2ccc(OC)cc2C1. The second-order valence-corrected chi connectivity index (χ2v) is 11.0. The molecule has 1 aliphatic heterocycles. The van der Waals surface area contributed by atoms with Gasteiger partial charge in [-0.1, -0.05) is 73.7 Å². The third kappa shape index (κ3) is 6.13. The average molecular weight is 511 g/mol. The van der Waals surface area contributed by atoms with Crippen molar-refractivity contribution in [1.29, 1.82) is 0 Å². The third-order valence-corrected chi connectivity index (χ3v) is 8.57. The van der Waals surface area contributed by atoms with Crippen LogP contribution in [0.5, 0.6) is 5.75 Å². The largest absolute Gasteiger partial charge is 0.497 e. The number of amides is 1. The zero-order valence-corrected chi connectivity index (χ0v) is 23.0. The molecule has 1 unspecified atom stereocenters. The molecule has 3 aromatic carbocycles. The Labute approximate surface area is 228 Å². The van der Waals surface area contributed by atoms with Gasteiger partial charge in [-0.3, -0.25) is 9.69 Å². The molecule has 0 saturated carbocycles. The predicted molar refractivity (Wildman–Crippen MR) is 155 cm³/mol. The van der Waals surface area contributed by atoms with E-state index in [-0.39, 0.29) is 11.8 Å². The molecule has 0 radical (unpaired) electrons. The predicted octanol–water partition coefficient (Wildman–Crippen LogP) is 6.34. The highest BCUT2D eigenvalue weighted by Gasteiger charge is 2.32. The topological polar surface area (TPSA) is 32.8 Å². The minimum absolute atomic E-state index is 0.232. The van der Waals surface area contributed by atoms with Gasteiger partial charge in [0.15, 0.2) is 0 Å². The van der Waals surface area contributed by atoms with Crippen LogP contribution in [-0.4, -0.2) is 55.0 Å². The zero-order chi connectivity index (χ0) is 26.3. The maximum Gasteiger partial charge on any atom is 0.234 e. The van der Waals surface area contributed by atoms with Gasteiger partial charge in [0.1, 0.15) is 5.75 Å². The smallest absolute Gasteiger partial charge is 0.234 e. The molecule has 1 amide bonds. The molecular formula is C34H42N2O2. The standard InChI is InChI=1S/C34H42N2O2/c1-3-20-36(31-16-14-27-15-17-32(38-2)24-30(27)23-31)25-26-18-21-35(22-19-26)34(37)33(28-10-6-4-7-11-28)29-12-8-5-9-13-29/h4-13,15,17,24,26,31,33H,3,14,16,18-23,25H2,1-2H3. The zero-order valence-electron chi connectivity index (χ0n) is 23.0. The molecular weight excluding hydrogens is 468 g/mol. The molecule has 0 aromatic heterocycles. The van der Waals surface area contributed by atoms with Crippen LogP contribution in [0.25, 0.3) is 0 Å². The minimum atomic E-state index is -0.232. The Morgan fingerprint density at radius 2 is 1.58 bits per heavy atom. The van der Waals surface area contributed by atoms with Gasteiger partial charge in [-0.05, 0) is 85.4 Å². The van der Waals surface area contributed by atoms with Crippen LogP contribution < -0.4 is 4.74 Å². The van der Waals surface area contributed by atoms with E-state index in [2.05, 4.69) is 59.2 Å². The number of hydrogen-bond donors (Lipinski definition) is 0. The summed E-state index contributed by atoms with van der Waals surface area (Å²) in [7, 11) is 1.75. The Hall–Kier alpha value is -3.11. The first-order valence-corrected chi connectivity index (χ1v) is 14.4. The summed E-state index contributed by atoms with van der Waals surface area (Å²) in [4.78, 5) is 18.7. The van der Waals surface area contributed by atoms with Crippen molar-refractivity contribution >= 4 is 5.91 Å². The monoisotopic (exact) mass is 510 g/mol. The van der Waals surface area contributed by atoms with E-state index >= 15 is 0 Å². The molecule has 0 N–H and O–H groups in total. The van der Waals surface area contributed by atoms with Crippen molar-refractivity contribution in [2.75, 3.05) is 33.3 Å². The van der Waals surface area contributed by atoms with Gasteiger partial charge in [-0.25, -0.2) is 0 Å². The van der Waals surface area contributed by atoms with Crippen LogP contribution in [0.3, 0.4) is 0 Å². The second kappa shape index (κ2) is 12.6. The maximum absolute atomic E-state index is 13.9. The van der Waals surface area contributed by atoms with Gasteiger partial charge in [0, 0.05) is 25.7 Å². The number of ether oxygens (including phenoxy) is 1. The normalized spacial score (nSPS) is 18.0. The Bertz CT molecular complexity index is 1130.